The van der Waals surface area contributed by atoms with Crippen LogP contribution in [0.1, 0.15) is 22.9 Å². The summed E-state index contributed by atoms with van der Waals surface area (Å²) in [7, 11) is 1.53. The number of aliphatic hydroxyl groups is 1. The molecular weight excluding hydrogens is 245 g/mol. The zero-order valence-electron chi connectivity index (χ0n) is 10.9. The zero-order chi connectivity index (χ0) is 13.8. The summed E-state index contributed by atoms with van der Waals surface area (Å²) < 4.78 is 18.0. The molecule has 1 aromatic carbocycles. The van der Waals surface area contributed by atoms with Gasteiger partial charge >= 0.3 is 0 Å². The molecule has 1 atom stereocenters. The number of aryl methyl sites for hydroxylation is 1. The lowest BCUT2D eigenvalue weighted by molar-refractivity contribution is 0.172. The number of pyridine rings is 1. The topological polar surface area (TPSA) is 42.4 Å². The average molecular weight is 261 g/mol. The molecule has 2 aromatic rings. The third-order valence-electron chi connectivity index (χ3n) is 3.01. The van der Waals surface area contributed by atoms with E-state index in [1.54, 1.807) is 24.3 Å². The van der Waals surface area contributed by atoms with E-state index in [-0.39, 0.29) is 5.82 Å². The highest BCUT2D eigenvalue weighted by molar-refractivity contribution is 5.28. The van der Waals surface area contributed by atoms with Gasteiger partial charge < -0.3 is 9.84 Å². The van der Waals surface area contributed by atoms with Crippen molar-refractivity contribution in [2.45, 2.75) is 19.4 Å². The zero-order valence-corrected chi connectivity index (χ0v) is 10.9. The van der Waals surface area contributed by atoms with Crippen LogP contribution in [0.2, 0.25) is 0 Å². The molecule has 1 N–H and O–H groups in total. The highest BCUT2D eigenvalue weighted by atomic mass is 19.1. The number of hydrogen-bond donors (Lipinski definition) is 1. The summed E-state index contributed by atoms with van der Waals surface area (Å²) in [5.74, 6) is 0.197. The van der Waals surface area contributed by atoms with Crippen molar-refractivity contribution in [3.63, 3.8) is 0 Å². The number of hydrogen-bond acceptors (Lipinski definition) is 3. The summed E-state index contributed by atoms with van der Waals surface area (Å²) in [4.78, 5) is 4.19. The first-order valence-corrected chi connectivity index (χ1v) is 6.04. The molecule has 0 spiro atoms. The molecule has 1 heterocycles. The normalized spacial score (nSPS) is 12.2. The SMILES string of the molecule is COc1cccc(C(O)Cc2ccc(F)cc2C)n1. The van der Waals surface area contributed by atoms with Gasteiger partial charge in [-0.05, 0) is 36.2 Å². The number of rotatable bonds is 4. The Morgan fingerprint density at radius 3 is 2.79 bits per heavy atom. The first-order chi connectivity index (χ1) is 9.10. The second kappa shape index (κ2) is 5.80. The highest BCUT2D eigenvalue weighted by Crippen LogP contribution is 2.21. The fourth-order valence-corrected chi connectivity index (χ4v) is 1.93. The minimum Gasteiger partial charge on any atom is -0.481 e. The lowest BCUT2D eigenvalue weighted by Crippen LogP contribution is -2.06. The van der Waals surface area contributed by atoms with Gasteiger partial charge in [-0.1, -0.05) is 12.1 Å². The number of aliphatic hydroxyl groups excluding tert-OH is 1. The first-order valence-electron chi connectivity index (χ1n) is 6.04. The van der Waals surface area contributed by atoms with Gasteiger partial charge in [0.2, 0.25) is 5.88 Å². The van der Waals surface area contributed by atoms with E-state index in [2.05, 4.69) is 4.98 Å². The lowest BCUT2D eigenvalue weighted by atomic mass is 10.0. The highest BCUT2D eigenvalue weighted by Gasteiger charge is 2.12. The fraction of sp³-hybridized carbons (Fsp3) is 0.267. The van der Waals surface area contributed by atoms with Gasteiger partial charge in [0.25, 0.3) is 0 Å². The summed E-state index contributed by atoms with van der Waals surface area (Å²) in [5.41, 5.74) is 2.27. The molecule has 0 aliphatic rings. The van der Waals surface area contributed by atoms with Crippen LogP contribution in [0.15, 0.2) is 36.4 Å². The Kier molecular flexibility index (Phi) is 4.12. The number of aromatic nitrogens is 1. The van der Waals surface area contributed by atoms with E-state index in [4.69, 9.17) is 4.74 Å². The first kappa shape index (κ1) is 13.5. The molecule has 0 aliphatic heterocycles. The third-order valence-corrected chi connectivity index (χ3v) is 3.01. The predicted octanol–water partition coefficient (Wildman–Crippen LogP) is 2.81. The Hall–Kier alpha value is -1.94. The molecule has 0 aliphatic carbocycles. The van der Waals surface area contributed by atoms with Gasteiger partial charge in [-0.15, -0.1) is 0 Å². The van der Waals surface area contributed by atoms with E-state index >= 15 is 0 Å². The maximum absolute atomic E-state index is 13.0. The Labute approximate surface area is 111 Å². The van der Waals surface area contributed by atoms with E-state index in [0.29, 0.717) is 18.0 Å². The van der Waals surface area contributed by atoms with Gasteiger partial charge in [-0.3, -0.25) is 0 Å². The van der Waals surface area contributed by atoms with Gasteiger partial charge in [0.05, 0.1) is 12.8 Å². The number of ether oxygens (including phenoxy) is 1. The molecule has 3 nitrogen and oxygen atoms in total. The van der Waals surface area contributed by atoms with E-state index in [1.807, 2.05) is 6.92 Å². The predicted molar refractivity (Wildman–Crippen MR) is 70.6 cm³/mol. The Bertz CT molecular complexity index is 572. The fourth-order valence-electron chi connectivity index (χ4n) is 1.93. The number of methoxy groups -OCH3 is 1. The van der Waals surface area contributed by atoms with Crippen molar-refractivity contribution in [1.82, 2.24) is 4.98 Å². The molecule has 0 amide bonds. The van der Waals surface area contributed by atoms with Gasteiger partial charge in [0.15, 0.2) is 0 Å². The molecule has 0 saturated carbocycles. The summed E-state index contributed by atoms with van der Waals surface area (Å²) in [5, 5.41) is 10.2. The molecule has 0 fully saturated rings. The van der Waals surface area contributed by atoms with Gasteiger partial charge in [0, 0.05) is 12.5 Å². The molecule has 0 radical (unpaired) electrons. The molecule has 1 aromatic heterocycles. The minimum absolute atomic E-state index is 0.268. The summed E-state index contributed by atoms with van der Waals surface area (Å²) in [6.07, 6.45) is -0.342. The third kappa shape index (κ3) is 3.29. The smallest absolute Gasteiger partial charge is 0.213 e. The number of halogens is 1. The monoisotopic (exact) mass is 261 g/mol. The van der Waals surface area contributed by atoms with Crippen molar-refractivity contribution < 1.29 is 14.2 Å². The summed E-state index contributed by atoms with van der Waals surface area (Å²) in [6, 6.07) is 9.79. The molecule has 0 saturated heterocycles. The Balaban J connectivity index is 2.17. The van der Waals surface area contributed by atoms with E-state index in [9.17, 15) is 9.50 Å². The molecular formula is C15H16FNO2. The van der Waals surface area contributed by atoms with Crippen molar-refractivity contribution in [2.24, 2.45) is 0 Å². The van der Waals surface area contributed by atoms with Crippen molar-refractivity contribution in [1.29, 1.82) is 0 Å². The second-order valence-electron chi connectivity index (χ2n) is 4.40. The summed E-state index contributed by atoms with van der Waals surface area (Å²) >= 11 is 0. The maximum Gasteiger partial charge on any atom is 0.213 e. The maximum atomic E-state index is 13.0. The Morgan fingerprint density at radius 1 is 1.32 bits per heavy atom. The van der Waals surface area contributed by atoms with Crippen molar-refractivity contribution in [3.8, 4) is 5.88 Å². The van der Waals surface area contributed by atoms with Crippen LogP contribution in [0.5, 0.6) is 5.88 Å². The standard InChI is InChI=1S/C15H16FNO2/c1-10-8-12(16)7-6-11(10)9-14(18)13-4-3-5-15(17-13)19-2/h3-8,14,18H,9H2,1-2H3. The summed E-state index contributed by atoms with van der Waals surface area (Å²) in [6.45, 7) is 1.82. The van der Waals surface area contributed by atoms with Crippen LogP contribution in [0.25, 0.3) is 0 Å². The lowest BCUT2D eigenvalue weighted by Gasteiger charge is -2.13. The molecule has 1 unspecified atom stereocenters. The van der Waals surface area contributed by atoms with Crippen molar-refractivity contribution in [2.75, 3.05) is 7.11 Å². The molecule has 2 rings (SSSR count). The molecule has 0 bridgehead atoms. The Morgan fingerprint density at radius 2 is 2.11 bits per heavy atom. The van der Waals surface area contributed by atoms with Crippen LogP contribution < -0.4 is 4.74 Å². The second-order valence-corrected chi connectivity index (χ2v) is 4.40. The van der Waals surface area contributed by atoms with E-state index in [0.717, 1.165) is 11.1 Å². The van der Waals surface area contributed by atoms with Crippen LogP contribution in [-0.4, -0.2) is 17.2 Å². The minimum atomic E-state index is -0.737. The largest absolute Gasteiger partial charge is 0.481 e. The molecule has 4 heteroatoms. The van der Waals surface area contributed by atoms with Crippen LogP contribution in [0, 0.1) is 12.7 Å². The van der Waals surface area contributed by atoms with Crippen molar-refractivity contribution in [3.05, 3.63) is 59.0 Å². The molecule has 19 heavy (non-hydrogen) atoms. The molecule has 100 valence electrons. The number of nitrogens with zero attached hydrogens (tertiary/aromatic N) is 1. The van der Waals surface area contributed by atoms with Crippen LogP contribution in [0.3, 0.4) is 0 Å². The van der Waals surface area contributed by atoms with Crippen molar-refractivity contribution >= 4 is 0 Å². The quantitative estimate of drug-likeness (QED) is 0.920. The van der Waals surface area contributed by atoms with Crippen LogP contribution >= 0.6 is 0 Å². The van der Waals surface area contributed by atoms with Crippen LogP contribution in [-0.2, 0) is 6.42 Å². The van der Waals surface area contributed by atoms with Gasteiger partial charge in [0.1, 0.15) is 11.9 Å². The van der Waals surface area contributed by atoms with Crippen LogP contribution in [0.4, 0.5) is 4.39 Å². The van der Waals surface area contributed by atoms with E-state index < -0.39 is 6.10 Å². The van der Waals surface area contributed by atoms with Gasteiger partial charge in [-0.25, -0.2) is 9.37 Å². The van der Waals surface area contributed by atoms with Gasteiger partial charge in [-0.2, -0.15) is 0 Å². The van der Waals surface area contributed by atoms with E-state index in [1.165, 1.54) is 19.2 Å². The number of benzene rings is 1. The average Bonchev–Trinajstić information content (AvgIpc) is 2.42.